The third kappa shape index (κ3) is 5.97. The lowest BCUT2D eigenvalue weighted by atomic mass is 9.69. The fourth-order valence-corrected chi connectivity index (χ4v) is 5.37. The Hall–Kier alpha value is -2.18. The van der Waals surface area contributed by atoms with Crippen molar-refractivity contribution in [2.45, 2.75) is 24.9 Å². The van der Waals surface area contributed by atoms with Crippen molar-refractivity contribution >= 4 is 30.5 Å². The summed E-state index contributed by atoms with van der Waals surface area (Å²) in [6, 6.07) is 22.2. The predicted molar refractivity (Wildman–Crippen MR) is 142 cm³/mol. The number of rotatable bonds is 6. The maximum atomic E-state index is 13.7. The van der Waals surface area contributed by atoms with Crippen LogP contribution in [0.3, 0.4) is 0 Å². The Morgan fingerprint density at radius 2 is 1.40 bits per heavy atom. The van der Waals surface area contributed by atoms with E-state index in [1.807, 2.05) is 24.3 Å². The molecule has 2 heterocycles. The molecule has 0 amide bonds. The molecule has 0 radical (unpaired) electrons. The van der Waals surface area contributed by atoms with Crippen molar-refractivity contribution in [2.24, 2.45) is 0 Å². The molecule has 0 saturated carbocycles. The molecule has 3 aromatic rings. The second-order valence-corrected chi connectivity index (χ2v) is 9.15. The van der Waals surface area contributed by atoms with Gasteiger partial charge in [0.15, 0.2) is 0 Å². The summed E-state index contributed by atoms with van der Waals surface area (Å²) in [6.07, 6.45) is 1.99. The minimum Gasteiger partial charge on any atom is -0.375 e. The second-order valence-electron chi connectivity index (χ2n) is 9.15. The highest BCUT2D eigenvalue weighted by molar-refractivity contribution is 5.85. The third-order valence-corrected chi connectivity index (χ3v) is 7.18. The molecule has 1 fully saturated rings. The first-order valence-electron chi connectivity index (χ1n) is 11.8. The molecule has 1 unspecified atom stereocenters. The Kier molecular flexibility index (Phi) is 9.54. The molecule has 7 heteroatoms. The molecule has 3 aromatic carbocycles. The molecule has 2 aliphatic heterocycles. The number of hydrogen-bond acceptors (Lipinski definition) is 3. The van der Waals surface area contributed by atoms with Crippen LogP contribution >= 0.6 is 24.8 Å². The lowest BCUT2D eigenvalue weighted by molar-refractivity contribution is 0.0599. The number of anilines is 1. The molecular weight excluding hydrogens is 489 g/mol. The monoisotopic (exact) mass is 520 g/mol. The van der Waals surface area contributed by atoms with E-state index in [-0.39, 0.29) is 41.9 Å². The fourth-order valence-electron chi connectivity index (χ4n) is 5.37. The smallest absolute Gasteiger partial charge is 0.123 e. The molecule has 35 heavy (non-hydrogen) atoms. The minimum absolute atomic E-state index is 0. The van der Waals surface area contributed by atoms with Gasteiger partial charge in [-0.25, -0.2) is 8.78 Å². The lowest BCUT2D eigenvalue weighted by Crippen LogP contribution is -2.47. The molecule has 0 aliphatic carbocycles. The first-order valence-corrected chi connectivity index (χ1v) is 11.8. The van der Waals surface area contributed by atoms with Crippen LogP contribution in [0.2, 0.25) is 0 Å². The summed E-state index contributed by atoms with van der Waals surface area (Å²) in [4.78, 5) is 4.83. The SMILES string of the molecule is Cl.Cl.Fc1ccc(N2CCN(CCCC3(c4ccc(F)cc4)COCc4ccccc43)CC2)cc1. The van der Waals surface area contributed by atoms with Crippen LogP contribution < -0.4 is 4.90 Å². The molecule has 0 N–H and O–H groups in total. The van der Waals surface area contributed by atoms with Gasteiger partial charge in [-0.05, 0) is 72.5 Å². The number of halogens is 4. The van der Waals surface area contributed by atoms with Crippen molar-refractivity contribution in [2.75, 3.05) is 44.2 Å². The van der Waals surface area contributed by atoms with Crippen LogP contribution in [0.25, 0.3) is 0 Å². The van der Waals surface area contributed by atoms with Gasteiger partial charge in [0.25, 0.3) is 0 Å². The van der Waals surface area contributed by atoms with Crippen LogP contribution in [-0.4, -0.2) is 44.2 Å². The Bertz CT molecular complexity index is 1070. The Morgan fingerprint density at radius 1 is 0.771 bits per heavy atom. The molecule has 1 atom stereocenters. The highest BCUT2D eigenvalue weighted by Gasteiger charge is 2.38. The van der Waals surface area contributed by atoms with Crippen LogP contribution in [0.15, 0.2) is 72.8 Å². The minimum atomic E-state index is -0.252. The van der Waals surface area contributed by atoms with E-state index in [0.717, 1.165) is 56.8 Å². The fraction of sp³-hybridized carbons (Fsp3) is 0.357. The van der Waals surface area contributed by atoms with Crippen LogP contribution in [0.5, 0.6) is 0 Å². The van der Waals surface area contributed by atoms with Gasteiger partial charge in [-0.2, -0.15) is 0 Å². The second kappa shape index (κ2) is 12.2. The van der Waals surface area contributed by atoms with Gasteiger partial charge in [0.05, 0.1) is 13.2 Å². The van der Waals surface area contributed by atoms with Gasteiger partial charge in [-0.15, -0.1) is 24.8 Å². The van der Waals surface area contributed by atoms with E-state index in [2.05, 4.69) is 34.1 Å². The average molecular weight is 521 g/mol. The number of nitrogens with zero attached hydrogens (tertiary/aromatic N) is 2. The average Bonchev–Trinajstić information content (AvgIpc) is 2.85. The molecule has 2 aliphatic rings. The lowest BCUT2D eigenvalue weighted by Gasteiger charge is -2.41. The number of ether oxygens (including phenoxy) is 1. The van der Waals surface area contributed by atoms with Crippen LogP contribution in [0.4, 0.5) is 14.5 Å². The summed E-state index contributed by atoms with van der Waals surface area (Å²) in [5.74, 6) is -0.404. The number of benzene rings is 3. The van der Waals surface area contributed by atoms with Crippen molar-refractivity contribution in [1.82, 2.24) is 4.90 Å². The Labute approximate surface area is 218 Å². The molecule has 0 aromatic heterocycles. The summed E-state index contributed by atoms with van der Waals surface area (Å²) in [7, 11) is 0. The Morgan fingerprint density at radius 3 is 2.09 bits per heavy atom. The van der Waals surface area contributed by atoms with Gasteiger partial charge < -0.3 is 9.64 Å². The molecule has 0 bridgehead atoms. The van der Waals surface area contributed by atoms with E-state index < -0.39 is 0 Å². The van der Waals surface area contributed by atoms with Crippen LogP contribution in [-0.2, 0) is 16.8 Å². The van der Waals surface area contributed by atoms with Crippen LogP contribution in [0.1, 0.15) is 29.5 Å². The van der Waals surface area contributed by atoms with Crippen molar-refractivity contribution in [3.63, 3.8) is 0 Å². The number of hydrogen-bond donors (Lipinski definition) is 0. The van der Waals surface area contributed by atoms with Gasteiger partial charge in [0, 0.05) is 37.3 Å². The summed E-state index contributed by atoms with van der Waals surface area (Å²) in [5, 5.41) is 0. The third-order valence-electron chi connectivity index (χ3n) is 7.18. The summed E-state index contributed by atoms with van der Waals surface area (Å²) < 4.78 is 33.0. The maximum Gasteiger partial charge on any atom is 0.123 e. The first-order chi connectivity index (χ1) is 16.1. The molecule has 1 saturated heterocycles. The van der Waals surface area contributed by atoms with Gasteiger partial charge in [-0.3, -0.25) is 4.90 Å². The van der Waals surface area contributed by atoms with Gasteiger partial charge in [-0.1, -0.05) is 36.4 Å². The summed E-state index contributed by atoms with van der Waals surface area (Å²) in [5.41, 5.74) is 4.49. The Balaban J connectivity index is 0.00000171. The van der Waals surface area contributed by atoms with E-state index in [1.165, 1.54) is 23.3 Å². The zero-order chi connectivity index (χ0) is 22.7. The van der Waals surface area contributed by atoms with Crippen molar-refractivity contribution in [3.05, 3.63) is 101 Å². The van der Waals surface area contributed by atoms with Crippen molar-refractivity contribution in [3.8, 4) is 0 Å². The normalized spacial score (nSPS) is 19.9. The molecule has 5 rings (SSSR count). The van der Waals surface area contributed by atoms with E-state index in [9.17, 15) is 8.78 Å². The predicted octanol–water partition coefficient (Wildman–Crippen LogP) is 6.23. The topological polar surface area (TPSA) is 15.7 Å². The van der Waals surface area contributed by atoms with Crippen molar-refractivity contribution < 1.29 is 13.5 Å². The largest absolute Gasteiger partial charge is 0.375 e. The molecular formula is C28H32Cl2F2N2O. The van der Waals surface area contributed by atoms with Gasteiger partial charge in [0.1, 0.15) is 11.6 Å². The highest BCUT2D eigenvalue weighted by Crippen LogP contribution is 2.42. The van der Waals surface area contributed by atoms with Crippen molar-refractivity contribution in [1.29, 1.82) is 0 Å². The quantitative estimate of drug-likeness (QED) is 0.383. The van der Waals surface area contributed by atoms with Gasteiger partial charge >= 0.3 is 0 Å². The highest BCUT2D eigenvalue weighted by atomic mass is 35.5. The van der Waals surface area contributed by atoms with E-state index in [1.54, 1.807) is 12.1 Å². The summed E-state index contributed by atoms with van der Waals surface area (Å²) in [6.45, 7) is 6.14. The number of piperazine rings is 1. The van der Waals surface area contributed by atoms with E-state index in [4.69, 9.17) is 4.74 Å². The molecule has 188 valence electrons. The first kappa shape index (κ1) is 27.4. The maximum absolute atomic E-state index is 13.7. The van der Waals surface area contributed by atoms with E-state index >= 15 is 0 Å². The van der Waals surface area contributed by atoms with Gasteiger partial charge in [0.2, 0.25) is 0 Å². The zero-order valence-corrected chi connectivity index (χ0v) is 21.3. The van der Waals surface area contributed by atoms with Crippen LogP contribution in [0, 0.1) is 11.6 Å². The molecule has 3 nitrogen and oxygen atoms in total. The molecule has 0 spiro atoms. The summed E-state index contributed by atoms with van der Waals surface area (Å²) >= 11 is 0. The zero-order valence-electron chi connectivity index (χ0n) is 19.7. The standard InChI is InChI=1S/C28H30F2N2O.2ClH/c29-24-8-6-23(7-9-24)28(21-33-20-22-4-1-2-5-27(22)28)14-3-15-31-16-18-32(19-17-31)26-12-10-25(30)11-13-26;;/h1-2,4-13H,3,14-21H2;2*1H. The number of fused-ring (bicyclic) bond motifs is 1. The van der Waals surface area contributed by atoms with E-state index in [0.29, 0.717) is 13.2 Å².